The van der Waals surface area contributed by atoms with E-state index in [0.717, 1.165) is 0 Å². The molecular formula is C4H8ClN3O2. The number of amides is 2. The van der Waals surface area contributed by atoms with Crippen molar-refractivity contribution in [1.82, 2.24) is 5.32 Å². The predicted molar refractivity (Wildman–Crippen MR) is 35.8 cm³/mol. The van der Waals surface area contributed by atoms with Gasteiger partial charge >= 0.3 is 0 Å². The molecule has 1 atom stereocenters. The Hall–Kier alpha value is -0.650. The maximum absolute atomic E-state index is 10.3. The third-order valence-electron chi connectivity index (χ3n) is 0.912. The van der Waals surface area contributed by atoms with E-state index in [9.17, 15) is 9.59 Å². The zero-order chi connectivity index (χ0) is 8.15. The van der Waals surface area contributed by atoms with E-state index in [0.29, 0.717) is 0 Å². The minimum Gasteiger partial charge on any atom is -0.295 e. The van der Waals surface area contributed by atoms with Crippen molar-refractivity contribution in [3.63, 3.8) is 0 Å². The molecular weight excluding hydrogens is 158 g/mol. The number of carbonyl (C=O) groups is 2. The van der Waals surface area contributed by atoms with Gasteiger partial charge < -0.3 is 0 Å². The molecule has 0 radical (unpaired) electrons. The molecule has 1 aliphatic rings. The van der Waals surface area contributed by atoms with Crippen molar-refractivity contribution in [2.45, 2.75) is 11.8 Å². The number of rotatable bonds is 0. The fourth-order valence-electron chi connectivity index (χ4n) is 0.522. The summed E-state index contributed by atoms with van der Waals surface area (Å²) < 4.78 is 0. The van der Waals surface area contributed by atoms with Crippen LogP contribution in [0.3, 0.4) is 0 Å². The number of nitrogens with two attached hydrogens (primary N) is 2. The van der Waals surface area contributed by atoms with E-state index in [2.05, 4.69) is 17.0 Å². The summed E-state index contributed by atoms with van der Waals surface area (Å²) in [5.41, 5.74) is 0. The zero-order valence-electron chi connectivity index (χ0n) is 5.13. The molecule has 0 bridgehead atoms. The Kier molecular flexibility index (Phi) is 3.94. The van der Waals surface area contributed by atoms with Crippen molar-refractivity contribution in [2.24, 2.45) is 11.7 Å². The van der Waals surface area contributed by atoms with Crippen LogP contribution in [0.2, 0.25) is 0 Å². The standard InChI is InChI=1S/C4H4ClNO2.H4N2/c5-2-1-3(7)6-4(2)8;1-2/h2H,1H2,(H,6,7,8);1-2H2. The maximum Gasteiger partial charge on any atom is 0.245 e. The molecule has 1 saturated heterocycles. The van der Waals surface area contributed by atoms with Crippen LogP contribution in [-0.4, -0.2) is 17.2 Å². The third-order valence-corrected chi connectivity index (χ3v) is 1.26. The molecule has 10 heavy (non-hydrogen) atoms. The van der Waals surface area contributed by atoms with Gasteiger partial charge in [0.1, 0.15) is 5.38 Å². The molecule has 58 valence electrons. The Labute approximate surface area is 62.7 Å². The lowest BCUT2D eigenvalue weighted by Gasteiger charge is -1.85. The molecule has 0 aromatic carbocycles. The number of halogens is 1. The summed E-state index contributed by atoms with van der Waals surface area (Å²) in [7, 11) is 0. The Balaban J connectivity index is 0.000000371. The molecule has 1 fully saturated rings. The molecule has 6 heteroatoms. The molecule has 0 aromatic rings. The average Bonchev–Trinajstić information content (AvgIpc) is 2.16. The van der Waals surface area contributed by atoms with Gasteiger partial charge in [-0.15, -0.1) is 11.6 Å². The number of hydrogen-bond donors (Lipinski definition) is 3. The zero-order valence-corrected chi connectivity index (χ0v) is 5.89. The maximum atomic E-state index is 10.3. The first kappa shape index (κ1) is 9.35. The van der Waals surface area contributed by atoms with Gasteiger partial charge in [-0.1, -0.05) is 0 Å². The van der Waals surface area contributed by atoms with E-state index in [4.69, 9.17) is 11.6 Å². The lowest BCUT2D eigenvalue weighted by atomic mass is 10.4. The molecule has 5 N–H and O–H groups in total. The molecule has 2 amide bonds. The Morgan fingerprint density at radius 3 is 2.10 bits per heavy atom. The Morgan fingerprint density at radius 2 is 2.00 bits per heavy atom. The van der Waals surface area contributed by atoms with E-state index >= 15 is 0 Å². The number of alkyl halides is 1. The largest absolute Gasteiger partial charge is 0.295 e. The van der Waals surface area contributed by atoms with E-state index < -0.39 is 5.38 Å². The summed E-state index contributed by atoms with van der Waals surface area (Å²) in [6.45, 7) is 0. The molecule has 0 aliphatic carbocycles. The Morgan fingerprint density at radius 1 is 1.50 bits per heavy atom. The summed E-state index contributed by atoms with van der Waals surface area (Å²) in [4.78, 5) is 20.6. The van der Waals surface area contributed by atoms with Crippen LogP contribution in [0.5, 0.6) is 0 Å². The SMILES string of the molecule is NN.O=C1CC(Cl)C(=O)N1. The lowest BCUT2D eigenvalue weighted by molar-refractivity contribution is -0.124. The van der Waals surface area contributed by atoms with E-state index in [1.807, 2.05) is 0 Å². The molecule has 0 saturated carbocycles. The van der Waals surface area contributed by atoms with E-state index in [1.54, 1.807) is 0 Å². The van der Waals surface area contributed by atoms with Crippen LogP contribution in [0.1, 0.15) is 6.42 Å². The highest BCUT2D eigenvalue weighted by atomic mass is 35.5. The van der Waals surface area contributed by atoms with Gasteiger partial charge in [0.2, 0.25) is 11.8 Å². The summed E-state index contributed by atoms with van der Waals surface area (Å²) in [5.74, 6) is 7.34. The fourth-order valence-corrected chi connectivity index (χ4v) is 0.717. The minimum absolute atomic E-state index is 0.125. The molecule has 5 nitrogen and oxygen atoms in total. The van der Waals surface area contributed by atoms with Crippen molar-refractivity contribution >= 4 is 23.4 Å². The quantitative estimate of drug-likeness (QED) is 0.175. The number of carbonyl (C=O) groups excluding carboxylic acids is 2. The lowest BCUT2D eigenvalue weighted by Crippen LogP contribution is -2.21. The van der Waals surface area contributed by atoms with Crippen LogP contribution in [0.4, 0.5) is 0 Å². The second kappa shape index (κ2) is 4.21. The van der Waals surface area contributed by atoms with E-state index in [-0.39, 0.29) is 18.2 Å². The fraction of sp³-hybridized carbons (Fsp3) is 0.500. The summed E-state index contributed by atoms with van der Waals surface area (Å²) in [6.07, 6.45) is 0.125. The average molecular weight is 166 g/mol. The highest BCUT2D eigenvalue weighted by Gasteiger charge is 2.27. The Bertz CT molecular complexity index is 149. The summed E-state index contributed by atoms with van der Waals surface area (Å²) in [5, 5.41) is 1.42. The van der Waals surface area contributed by atoms with Crippen LogP contribution in [0.25, 0.3) is 0 Å². The van der Waals surface area contributed by atoms with E-state index in [1.165, 1.54) is 0 Å². The first-order valence-electron chi connectivity index (χ1n) is 2.51. The highest BCUT2D eigenvalue weighted by Crippen LogP contribution is 2.07. The van der Waals surface area contributed by atoms with Crippen molar-refractivity contribution < 1.29 is 9.59 Å². The molecule has 0 aromatic heterocycles. The van der Waals surface area contributed by atoms with Crippen LogP contribution < -0.4 is 17.0 Å². The van der Waals surface area contributed by atoms with Gasteiger partial charge in [-0.05, 0) is 0 Å². The monoisotopic (exact) mass is 165 g/mol. The normalized spacial score (nSPS) is 23.3. The summed E-state index contributed by atoms with van der Waals surface area (Å²) >= 11 is 5.32. The molecule has 0 spiro atoms. The van der Waals surface area contributed by atoms with Gasteiger partial charge in [0.05, 0.1) is 6.42 Å². The topological polar surface area (TPSA) is 98.2 Å². The minimum atomic E-state index is -0.637. The number of imide groups is 1. The van der Waals surface area contributed by atoms with Crippen LogP contribution >= 0.6 is 11.6 Å². The van der Waals surface area contributed by atoms with Crippen LogP contribution in [-0.2, 0) is 9.59 Å². The van der Waals surface area contributed by atoms with Gasteiger partial charge in [0.25, 0.3) is 0 Å². The number of nitrogens with one attached hydrogen (secondary N) is 1. The van der Waals surface area contributed by atoms with Gasteiger partial charge in [-0.2, -0.15) is 0 Å². The molecule has 1 heterocycles. The number of hydrogen-bond acceptors (Lipinski definition) is 4. The first-order chi connectivity index (χ1) is 4.70. The van der Waals surface area contributed by atoms with Crippen LogP contribution in [0, 0.1) is 0 Å². The van der Waals surface area contributed by atoms with Crippen LogP contribution in [0.15, 0.2) is 0 Å². The first-order valence-corrected chi connectivity index (χ1v) is 2.95. The molecule has 1 aliphatic heterocycles. The van der Waals surface area contributed by atoms with Crippen molar-refractivity contribution in [1.29, 1.82) is 0 Å². The van der Waals surface area contributed by atoms with Crippen molar-refractivity contribution in [2.75, 3.05) is 0 Å². The van der Waals surface area contributed by atoms with Gasteiger partial charge in [-0.3, -0.25) is 26.6 Å². The van der Waals surface area contributed by atoms with Crippen molar-refractivity contribution in [3.8, 4) is 0 Å². The summed E-state index contributed by atoms with van der Waals surface area (Å²) in [6, 6.07) is 0. The van der Waals surface area contributed by atoms with Gasteiger partial charge in [0, 0.05) is 0 Å². The second-order valence-electron chi connectivity index (χ2n) is 1.58. The molecule has 1 rings (SSSR count). The smallest absolute Gasteiger partial charge is 0.245 e. The second-order valence-corrected chi connectivity index (χ2v) is 2.11. The van der Waals surface area contributed by atoms with Crippen molar-refractivity contribution in [3.05, 3.63) is 0 Å². The van der Waals surface area contributed by atoms with Gasteiger partial charge in [-0.25, -0.2) is 0 Å². The number of hydrazine groups is 1. The predicted octanol–water partition coefficient (Wildman–Crippen LogP) is -1.54. The van der Waals surface area contributed by atoms with Gasteiger partial charge in [0.15, 0.2) is 0 Å². The highest BCUT2D eigenvalue weighted by molar-refractivity contribution is 6.35. The molecule has 1 unspecified atom stereocenters. The third kappa shape index (κ3) is 2.30.